The number of likely N-dealkylation sites (tertiary alicyclic amines) is 1. The average Bonchev–Trinajstić information content (AvgIpc) is 3.37. The van der Waals surface area contributed by atoms with Crippen LogP contribution >= 0.6 is 0 Å². The minimum Gasteiger partial charge on any atom is -0.381 e. The zero-order chi connectivity index (χ0) is 33.3. The summed E-state index contributed by atoms with van der Waals surface area (Å²) >= 11 is 0. The van der Waals surface area contributed by atoms with Crippen LogP contribution in [0.15, 0.2) is 110 Å². The Morgan fingerprint density at radius 1 is 0.957 bits per heavy atom. The van der Waals surface area contributed by atoms with Crippen molar-refractivity contribution in [2.24, 2.45) is 5.92 Å². The van der Waals surface area contributed by atoms with Gasteiger partial charge in [0.25, 0.3) is 5.91 Å². The summed E-state index contributed by atoms with van der Waals surface area (Å²) in [7, 11) is 0. The van der Waals surface area contributed by atoms with Gasteiger partial charge in [-0.15, -0.1) is 0 Å². The molecule has 7 nitrogen and oxygen atoms in total. The normalized spacial score (nSPS) is 17.5. The summed E-state index contributed by atoms with van der Waals surface area (Å²) in [5.41, 5.74) is 3.89. The van der Waals surface area contributed by atoms with Gasteiger partial charge in [-0.05, 0) is 93.0 Å². The predicted octanol–water partition coefficient (Wildman–Crippen LogP) is 6.52. The molecular weight excluding hydrogens is 586 g/mol. The molecule has 0 aliphatic carbocycles. The maximum absolute atomic E-state index is 13.6. The van der Waals surface area contributed by atoms with E-state index in [1.165, 1.54) is 5.56 Å². The van der Waals surface area contributed by atoms with Crippen LogP contribution in [-0.2, 0) is 17.9 Å². The first-order valence-electron chi connectivity index (χ1n) is 16.5. The molecular formula is C40H45N3O4. The number of piperidine rings is 1. The molecule has 2 unspecified atom stereocenters. The lowest BCUT2D eigenvalue weighted by Gasteiger charge is -2.39. The van der Waals surface area contributed by atoms with Crippen LogP contribution in [0.2, 0.25) is 0 Å². The quantitative estimate of drug-likeness (QED) is 0.133. The Kier molecular flexibility index (Phi) is 9.09. The smallest absolute Gasteiger partial charge is 0.259 e. The van der Waals surface area contributed by atoms with E-state index in [4.69, 9.17) is 0 Å². The first-order valence-corrected chi connectivity index (χ1v) is 16.5. The number of aliphatic hydroxyl groups is 3. The fourth-order valence-corrected chi connectivity index (χ4v) is 7.36. The summed E-state index contributed by atoms with van der Waals surface area (Å²) in [6, 6.07) is 26.7. The molecule has 6 rings (SSSR count). The van der Waals surface area contributed by atoms with Crippen molar-refractivity contribution in [3.8, 4) is 0 Å². The zero-order valence-corrected chi connectivity index (χ0v) is 27.3. The number of amides is 1. The van der Waals surface area contributed by atoms with E-state index in [1.54, 1.807) is 37.4 Å². The van der Waals surface area contributed by atoms with Crippen molar-refractivity contribution >= 4 is 22.4 Å². The van der Waals surface area contributed by atoms with E-state index < -0.39 is 11.4 Å². The van der Waals surface area contributed by atoms with Crippen LogP contribution in [0.1, 0.15) is 72.1 Å². The number of nitrogens with one attached hydrogen (secondary N) is 1. The first-order chi connectivity index (χ1) is 22.5. The molecule has 2 atom stereocenters. The van der Waals surface area contributed by atoms with Crippen LogP contribution in [0.4, 0.5) is 5.69 Å². The highest BCUT2D eigenvalue weighted by atomic mass is 16.5. The summed E-state index contributed by atoms with van der Waals surface area (Å²) < 4.78 is 0. The Bertz CT molecular complexity index is 1770. The van der Waals surface area contributed by atoms with Gasteiger partial charge in [-0.3, -0.25) is 9.69 Å². The van der Waals surface area contributed by atoms with Crippen molar-refractivity contribution in [2.45, 2.75) is 63.5 Å². The van der Waals surface area contributed by atoms with Gasteiger partial charge in [-0.25, -0.2) is 0 Å². The van der Waals surface area contributed by atoms with Gasteiger partial charge in [-0.2, -0.15) is 0 Å². The molecule has 2 heterocycles. The van der Waals surface area contributed by atoms with Crippen molar-refractivity contribution < 1.29 is 20.1 Å². The summed E-state index contributed by atoms with van der Waals surface area (Å²) in [5.74, 6) is -2.31. The third-order valence-corrected chi connectivity index (χ3v) is 10.1. The molecule has 1 saturated heterocycles. The molecule has 0 bridgehead atoms. The van der Waals surface area contributed by atoms with Crippen LogP contribution in [-0.4, -0.2) is 45.3 Å². The standard InChI is InChI=1S/C40H45N3O4/c1-5-41-27(2)14-15-28(3)43-36-21-20-35(33-12-9-13-34(37(33)36)38(43)44)39(4,45)30-16-18-31(19-17-30)40(46,47)32-22-24-42(25-23-32)26-29-10-7-6-8-11-29/h5-13,16-21,28,32,41,45-47H,1-2,14-15,22-26H2,3-4H3. The van der Waals surface area contributed by atoms with E-state index in [9.17, 15) is 20.1 Å². The Balaban J connectivity index is 1.20. The fraction of sp³-hybridized carbons (Fsp3) is 0.325. The number of benzene rings is 4. The maximum atomic E-state index is 13.6. The molecule has 4 aromatic carbocycles. The van der Waals surface area contributed by atoms with E-state index in [-0.39, 0.29) is 17.9 Å². The van der Waals surface area contributed by atoms with Gasteiger partial charge in [0.05, 0.1) is 5.69 Å². The second kappa shape index (κ2) is 13.1. The highest BCUT2D eigenvalue weighted by molar-refractivity contribution is 6.25. The van der Waals surface area contributed by atoms with Crippen molar-refractivity contribution in [1.82, 2.24) is 10.2 Å². The van der Waals surface area contributed by atoms with Crippen molar-refractivity contribution in [3.05, 3.63) is 138 Å². The third-order valence-electron chi connectivity index (χ3n) is 10.1. The number of nitrogens with zero attached hydrogens (tertiary/aromatic N) is 2. The molecule has 244 valence electrons. The van der Waals surface area contributed by atoms with E-state index in [0.717, 1.165) is 48.2 Å². The summed E-state index contributed by atoms with van der Waals surface area (Å²) in [6.45, 7) is 13.9. The van der Waals surface area contributed by atoms with Crippen molar-refractivity contribution in [1.29, 1.82) is 0 Å². The number of anilines is 1. The topological polar surface area (TPSA) is 96.3 Å². The summed E-state index contributed by atoms with van der Waals surface area (Å²) in [5, 5.41) is 39.4. The molecule has 0 spiro atoms. The molecule has 0 radical (unpaired) electrons. The number of hydrogen-bond donors (Lipinski definition) is 4. The largest absolute Gasteiger partial charge is 0.381 e. The minimum absolute atomic E-state index is 0.0466. The molecule has 47 heavy (non-hydrogen) atoms. The molecule has 4 aromatic rings. The minimum atomic E-state index is -1.97. The van der Waals surface area contributed by atoms with E-state index in [0.29, 0.717) is 41.5 Å². The van der Waals surface area contributed by atoms with Crippen molar-refractivity contribution in [2.75, 3.05) is 18.0 Å². The lowest BCUT2D eigenvalue weighted by molar-refractivity contribution is -0.219. The van der Waals surface area contributed by atoms with E-state index in [2.05, 4.69) is 35.5 Å². The molecule has 2 aliphatic rings. The Hall–Kier alpha value is -4.27. The van der Waals surface area contributed by atoms with Crippen LogP contribution in [0, 0.1) is 5.92 Å². The number of rotatable bonds is 12. The summed E-state index contributed by atoms with van der Waals surface area (Å²) in [6.07, 6.45) is 4.39. The second-order valence-electron chi connectivity index (χ2n) is 13.3. The number of carbonyl (C=O) groups is 1. The average molecular weight is 632 g/mol. The van der Waals surface area contributed by atoms with E-state index >= 15 is 0 Å². The number of carbonyl (C=O) groups excluding carboxylic acids is 1. The molecule has 1 fully saturated rings. The highest BCUT2D eigenvalue weighted by Crippen LogP contribution is 2.44. The van der Waals surface area contributed by atoms with Gasteiger partial charge in [0.1, 0.15) is 5.60 Å². The SMILES string of the molecule is C=CNC(=C)CCC(C)N1C(=O)c2cccc3c(C(C)(O)c4ccc(C(O)(O)C5CCN(Cc6ccccc6)CC5)cc4)ccc1c23. The lowest BCUT2D eigenvalue weighted by Crippen LogP contribution is -2.43. The van der Waals surface area contributed by atoms with Crippen molar-refractivity contribution in [3.63, 3.8) is 0 Å². The van der Waals surface area contributed by atoms with Gasteiger partial charge in [0.2, 0.25) is 0 Å². The predicted molar refractivity (Wildman–Crippen MR) is 188 cm³/mol. The van der Waals surface area contributed by atoms with Crippen LogP contribution < -0.4 is 10.2 Å². The summed E-state index contributed by atoms with van der Waals surface area (Å²) in [4.78, 5) is 17.8. The van der Waals surface area contributed by atoms with Gasteiger partial charge < -0.3 is 25.5 Å². The Morgan fingerprint density at radius 3 is 2.32 bits per heavy atom. The first kappa shape index (κ1) is 32.7. The number of hydrogen-bond acceptors (Lipinski definition) is 6. The lowest BCUT2D eigenvalue weighted by atomic mass is 9.81. The monoisotopic (exact) mass is 631 g/mol. The molecule has 7 heteroatoms. The maximum Gasteiger partial charge on any atom is 0.259 e. The molecule has 2 aliphatic heterocycles. The van der Waals surface area contributed by atoms with Crippen LogP contribution in [0.3, 0.4) is 0 Å². The Labute approximate surface area is 277 Å². The Morgan fingerprint density at radius 2 is 1.64 bits per heavy atom. The molecule has 1 amide bonds. The third kappa shape index (κ3) is 6.24. The van der Waals surface area contributed by atoms with Gasteiger partial charge in [0, 0.05) is 40.7 Å². The van der Waals surface area contributed by atoms with E-state index in [1.807, 2.05) is 60.4 Å². The molecule has 0 saturated carbocycles. The number of allylic oxidation sites excluding steroid dienone is 1. The second-order valence-corrected chi connectivity index (χ2v) is 13.3. The van der Waals surface area contributed by atoms with Crippen LogP contribution in [0.25, 0.3) is 10.8 Å². The van der Waals surface area contributed by atoms with Gasteiger partial charge in [0.15, 0.2) is 5.79 Å². The highest BCUT2D eigenvalue weighted by Gasteiger charge is 2.40. The zero-order valence-electron chi connectivity index (χ0n) is 27.3. The molecule has 0 aromatic heterocycles. The fourth-order valence-electron chi connectivity index (χ4n) is 7.36. The molecule has 4 N–H and O–H groups in total. The van der Waals surface area contributed by atoms with Gasteiger partial charge in [-0.1, -0.05) is 86.0 Å². The van der Waals surface area contributed by atoms with Crippen LogP contribution in [0.5, 0.6) is 0 Å². The van der Waals surface area contributed by atoms with Gasteiger partial charge >= 0.3 is 0 Å².